The molecule has 0 saturated carbocycles. The molecule has 14 heavy (non-hydrogen) atoms. The van der Waals surface area contributed by atoms with Crippen molar-refractivity contribution in [3.63, 3.8) is 0 Å². The van der Waals surface area contributed by atoms with Crippen LogP contribution in [-0.4, -0.2) is 38.5 Å². The van der Waals surface area contributed by atoms with E-state index < -0.39 is 10.0 Å². The highest BCUT2D eigenvalue weighted by atomic mass is 35.5. The lowest BCUT2D eigenvalue weighted by Crippen LogP contribution is -2.40. The molecule has 5 nitrogen and oxygen atoms in total. The van der Waals surface area contributed by atoms with E-state index in [-0.39, 0.29) is 30.1 Å². The Bertz CT molecular complexity index is 277. The number of rotatable bonds is 6. The highest BCUT2D eigenvalue weighted by Gasteiger charge is 2.11. The lowest BCUT2D eigenvalue weighted by Gasteiger charge is -2.08. The number of amides is 1. The van der Waals surface area contributed by atoms with Gasteiger partial charge in [-0.15, -0.1) is 11.6 Å². The summed E-state index contributed by atoms with van der Waals surface area (Å²) >= 11 is 5.27. The fraction of sp³-hybridized carbons (Fsp3) is 0.857. The maximum absolute atomic E-state index is 11.0. The minimum absolute atomic E-state index is 0.0000288. The minimum atomic E-state index is -3.41. The van der Waals surface area contributed by atoms with E-state index in [1.54, 1.807) is 13.8 Å². The molecule has 0 aliphatic rings. The maximum atomic E-state index is 11.0. The minimum Gasteiger partial charge on any atom is -0.353 e. The fourth-order valence-corrected chi connectivity index (χ4v) is 2.03. The first-order valence-electron chi connectivity index (χ1n) is 4.20. The summed E-state index contributed by atoms with van der Waals surface area (Å²) in [5.74, 6) is -0.511. The second-order valence-corrected chi connectivity index (χ2v) is 5.36. The number of nitrogens with one attached hydrogen (secondary N) is 2. The molecule has 0 spiro atoms. The number of carbonyl (C=O) groups excluding carboxylic acids is 1. The van der Waals surface area contributed by atoms with Gasteiger partial charge in [0.05, 0.1) is 12.3 Å². The summed E-state index contributed by atoms with van der Waals surface area (Å²) < 4.78 is 24.2. The summed E-state index contributed by atoms with van der Waals surface area (Å²) in [5, 5.41) is 2.56. The monoisotopic (exact) mass is 242 g/mol. The molecule has 0 bridgehead atoms. The Morgan fingerprint density at radius 1 is 1.43 bits per heavy atom. The predicted octanol–water partition coefficient (Wildman–Crippen LogP) is -0.331. The van der Waals surface area contributed by atoms with Gasteiger partial charge < -0.3 is 5.32 Å². The van der Waals surface area contributed by atoms with Crippen molar-refractivity contribution in [3.05, 3.63) is 0 Å². The summed E-state index contributed by atoms with van der Waals surface area (Å²) in [6.45, 7) is 3.35. The van der Waals surface area contributed by atoms with Gasteiger partial charge in [0, 0.05) is 11.9 Å². The zero-order chi connectivity index (χ0) is 11.2. The standard InChI is InChI=1S/C7H15ClN2O3S/c1-6(2)10-7(11)5-9-14(12,13)4-3-8/h6,9H,3-5H2,1-2H3,(H,10,11). The lowest BCUT2D eigenvalue weighted by molar-refractivity contribution is -0.120. The molecule has 2 N–H and O–H groups in total. The van der Waals surface area contributed by atoms with Gasteiger partial charge in [-0.2, -0.15) is 0 Å². The molecular formula is C7H15ClN2O3S. The zero-order valence-electron chi connectivity index (χ0n) is 8.21. The van der Waals surface area contributed by atoms with Crippen LogP contribution in [0.4, 0.5) is 0 Å². The second kappa shape index (κ2) is 6.21. The van der Waals surface area contributed by atoms with Gasteiger partial charge in [-0.1, -0.05) is 0 Å². The normalized spacial score (nSPS) is 11.7. The fourth-order valence-electron chi connectivity index (χ4n) is 0.722. The Labute approximate surface area is 89.3 Å². The van der Waals surface area contributed by atoms with Crippen LogP contribution in [-0.2, 0) is 14.8 Å². The third-order valence-electron chi connectivity index (χ3n) is 1.25. The summed E-state index contributed by atoms with van der Waals surface area (Å²) in [5.41, 5.74) is 0. The van der Waals surface area contributed by atoms with Crippen molar-refractivity contribution < 1.29 is 13.2 Å². The Kier molecular flexibility index (Phi) is 6.06. The van der Waals surface area contributed by atoms with Crippen LogP contribution in [0, 0.1) is 0 Å². The van der Waals surface area contributed by atoms with E-state index in [4.69, 9.17) is 11.6 Å². The number of carbonyl (C=O) groups is 1. The lowest BCUT2D eigenvalue weighted by atomic mass is 10.4. The molecule has 0 atom stereocenters. The Balaban J connectivity index is 3.88. The van der Waals surface area contributed by atoms with Gasteiger partial charge in [-0.05, 0) is 13.8 Å². The van der Waals surface area contributed by atoms with Gasteiger partial charge in [0.1, 0.15) is 0 Å². The SMILES string of the molecule is CC(C)NC(=O)CNS(=O)(=O)CCCl. The predicted molar refractivity (Wildman–Crippen MR) is 55.8 cm³/mol. The van der Waals surface area contributed by atoms with E-state index in [9.17, 15) is 13.2 Å². The van der Waals surface area contributed by atoms with Crippen molar-refractivity contribution in [2.75, 3.05) is 18.2 Å². The molecule has 7 heteroatoms. The highest BCUT2D eigenvalue weighted by molar-refractivity contribution is 7.89. The topological polar surface area (TPSA) is 75.3 Å². The van der Waals surface area contributed by atoms with Gasteiger partial charge in [-0.3, -0.25) is 4.79 Å². The van der Waals surface area contributed by atoms with Gasteiger partial charge in [0.25, 0.3) is 0 Å². The average molecular weight is 243 g/mol. The first-order chi connectivity index (χ1) is 6.37. The number of alkyl halides is 1. The molecule has 0 aromatic carbocycles. The van der Waals surface area contributed by atoms with Gasteiger partial charge >= 0.3 is 0 Å². The van der Waals surface area contributed by atoms with Crippen molar-refractivity contribution in [1.29, 1.82) is 0 Å². The van der Waals surface area contributed by atoms with Crippen LogP contribution in [0.25, 0.3) is 0 Å². The summed E-state index contributed by atoms with van der Waals surface area (Å²) in [6, 6.07) is 0.0000288. The van der Waals surface area contributed by atoms with Crippen molar-refractivity contribution in [3.8, 4) is 0 Å². The summed E-state index contributed by atoms with van der Waals surface area (Å²) in [7, 11) is -3.41. The molecule has 1 amide bonds. The first kappa shape index (κ1) is 13.7. The maximum Gasteiger partial charge on any atom is 0.235 e. The Morgan fingerprint density at radius 2 is 2.00 bits per heavy atom. The van der Waals surface area contributed by atoms with E-state index in [0.717, 1.165) is 0 Å². The molecule has 0 aliphatic heterocycles. The second-order valence-electron chi connectivity index (χ2n) is 3.05. The smallest absolute Gasteiger partial charge is 0.235 e. The molecule has 0 aliphatic carbocycles. The Morgan fingerprint density at radius 3 is 2.43 bits per heavy atom. The first-order valence-corrected chi connectivity index (χ1v) is 6.38. The number of halogens is 1. The van der Waals surface area contributed by atoms with E-state index in [1.165, 1.54) is 0 Å². The van der Waals surface area contributed by atoms with Crippen LogP contribution in [0.1, 0.15) is 13.8 Å². The van der Waals surface area contributed by atoms with Gasteiger partial charge in [-0.25, -0.2) is 13.1 Å². The van der Waals surface area contributed by atoms with Crippen LogP contribution >= 0.6 is 11.6 Å². The third-order valence-corrected chi connectivity index (χ3v) is 2.99. The summed E-state index contributed by atoms with van der Waals surface area (Å²) in [6.07, 6.45) is 0. The molecule has 84 valence electrons. The summed E-state index contributed by atoms with van der Waals surface area (Å²) in [4.78, 5) is 11.0. The van der Waals surface area contributed by atoms with Gasteiger partial charge in [0.15, 0.2) is 0 Å². The molecule has 0 rings (SSSR count). The number of hydrogen-bond acceptors (Lipinski definition) is 3. The molecule has 0 aromatic rings. The van der Waals surface area contributed by atoms with Crippen molar-refractivity contribution in [1.82, 2.24) is 10.0 Å². The highest BCUT2D eigenvalue weighted by Crippen LogP contribution is 1.86. The van der Waals surface area contributed by atoms with Crippen LogP contribution in [0.3, 0.4) is 0 Å². The number of sulfonamides is 1. The van der Waals surface area contributed by atoms with Crippen molar-refractivity contribution >= 4 is 27.5 Å². The zero-order valence-corrected chi connectivity index (χ0v) is 9.78. The van der Waals surface area contributed by atoms with Crippen molar-refractivity contribution in [2.45, 2.75) is 19.9 Å². The molecule has 0 aromatic heterocycles. The van der Waals surface area contributed by atoms with Crippen LogP contribution in [0.15, 0.2) is 0 Å². The molecule has 0 unspecified atom stereocenters. The van der Waals surface area contributed by atoms with E-state index in [1.807, 2.05) is 0 Å². The molecule has 0 fully saturated rings. The molecular weight excluding hydrogens is 228 g/mol. The van der Waals surface area contributed by atoms with Crippen LogP contribution in [0.5, 0.6) is 0 Å². The third kappa shape index (κ3) is 7.11. The molecule has 0 saturated heterocycles. The number of hydrogen-bond donors (Lipinski definition) is 2. The van der Waals surface area contributed by atoms with E-state index in [2.05, 4.69) is 10.0 Å². The average Bonchev–Trinajstić information content (AvgIpc) is 2.00. The van der Waals surface area contributed by atoms with Crippen molar-refractivity contribution in [2.24, 2.45) is 0 Å². The van der Waals surface area contributed by atoms with E-state index >= 15 is 0 Å². The largest absolute Gasteiger partial charge is 0.353 e. The van der Waals surface area contributed by atoms with Crippen LogP contribution in [0.2, 0.25) is 0 Å². The molecule has 0 heterocycles. The quantitative estimate of drug-likeness (QED) is 0.627. The van der Waals surface area contributed by atoms with Gasteiger partial charge in [0.2, 0.25) is 15.9 Å². The van der Waals surface area contributed by atoms with Crippen LogP contribution < -0.4 is 10.0 Å². The van der Waals surface area contributed by atoms with E-state index in [0.29, 0.717) is 0 Å². The Hall–Kier alpha value is -0.330. The molecule has 0 radical (unpaired) electrons.